The first-order valence-electron chi connectivity index (χ1n) is 34.7. The number of nitrogens with zero attached hydrogens (tertiary/aromatic N) is 1. The van der Waals surface area contributed by atoms with Gasteiger partial charge >= 0.3 is 0 Å². The highest BCUT2D eigenvalue weighted by Gasteiger charge is 2.62. The van der Waals surface area contributed by atoms with E-state index in [1.807, 2.05) is 41.3 Å². The zero-order valence-electron chi connectivity index (χ0n) is 54.2. The van der Waals surface area contributed by atoms with Gasteiger partial charge in [-0.3, -0.25) is 30.8 Å². The number of aldehydes is 1. The van der Waals surface area contributed by atoms with Crippen molar-refractivity contribution in [3.63, 3.8) is 0 Å². The maximum absolute atomic E-state index is 15.8. The number of anilines is 1. The van der Waals surface area contributed by atoms with Gasteiger partial charge in [-0.25, -0.2) is 0 Å². The van der Waals surface area contributed by atoms with Crippen LogP contribution in [0, 0.1) is 35.0 Å². The molecular weight excluding hydrogens is 1260 g/mol. The predicted octanol–water partition coefficient (Wildman–Crippen LogP) is 0.997. The molecule has 24 heteroatoms. The molecule has 1 amide bonds. The molecule has 4 aromatic carbocycles. The Morgan fingerprint density at radius 2 is 1.76 bits per heavy atom. The van der Waals surface area contributed by atoms with Gasteiger partial charge in [-0.1, -0.05) is 66.8 Å². The minimum atomic E-state index is -2.58. The fourth-order valence-electron chi connectivity index (χ4n) is 18.6. The van der Waals surface area contributed by atoms with Crippen LogP contribution in [0.25, 0.3) is 0 Å². The fourth-order valence-corrected chi connectivity index (χ4v) is 18.6. The average Bonchev–Trinajstić information content (AvgIpc) is 1.35. The third-order valence-electron chi connectivity index (χ3n) is 23.5. The minimum absolute atomic E-state index is 0.0284. The van der Waals surface area contributed by atoms with E-state index in [0.29, 0.717) is 53.3 Å². The number of nitrogens with one attached hydrogen (secondary N) is 5. The van der Waals surface area contributed by atoms with Gasteiger partial charge in [-0.2, -0.15) is 0 Å². The van der Waals surface area contributed by atoms with Crippen LogP contribution < -0.4 is 52.4 Å². The molecule has 4 aromatic rings. The van der Waals surface area contributed by atoms with Crippen molar-refractivity contribution in [1.29, 1.82) is 0 Å². The summed E-state index contributed by atoms with van der Waals surface area (Å²) in [6.45, 7) is -1.94. The van der Waals surface area contributed by atoms with E-state index in [1.165, 1.54) is 12.1 Å². The van der Waals surface area contributed by atoms with Crippen LogP contribution in [0.15, 0.2) is 101 Å². The number of aliphatic hydroxyl groups is 7. The number of fused-ring (bicyclic) bond motifs is 17. The van der Waals surface area contributed by atoms with Crippen LogP contribution in [-0.4, -0.2) is 185 Å². The summed E-state index contributed by atoms with van der Waals surface area (Å²) in [6, 6.07) is 18.7. The van der Waals surface area contributed by atoms with E-state index >= 15 is 9.59 Å². The number of dihydropyridines is 1. The Bertz CT molecular complexity index is 4090. The lowest BCUT2D eigenvalue weighted by Gasteiger charge is -2.53. The molecule has 8 aliphatic heterocycles. The van der Waals surface area contributed by atoms with Gasteiger partial charge in [0.2, 0.25) is 12.2 Å². The number of ether oxygens (including phenoxy) is 5. The second-order valence-electron chi connectivity index (χ2n) is 28.7. The van der Waals surface area contributed by atoms with Crippen molar-refractivity contribution in [2.45, 2.75) is 168 Å². The van der Waals surface area contributed by atoms with Crippen LogP contribution in [0.1, 0.15) is 135 Å². The maximum Gasteiger partial charge on any atom is 0.242 e. The normalized spacial score (nSPS) is 35.5. The van der Waals surface area contributed by atoms with Gasteiger partial charge < -0.3 is 90.8 Å². The van der Waals surface area contributed by atoms with Crippen LogP contribution in [0.4, 0.5) is 5.69 Å². The Hall–Kier alpha value is -7.42. The Morgan fingerprint density at radius 1 is 0.898 bits per heavy atom. The number of carbonyl (C=O) groups is 4. The van der Waals surface area contributed by atoms with Crippen LogP contribution in [0.3, 0.4) is 0 Å². The highest BCUT2D eigenvalue weighted by Crippen LogP contribution is 2.60. The number of benzene rings is 4. The summed E-state index contributed by atoms with van der Waals surface area (Å²) in [4.78, 5) is 59.2. The van der Waals surface area contributed by atoms with Gasteiger partial charge in [0.05, 0.1) is 74.3 Å². The van der Waals surface area contributed by atoms with Crippen LogP contribution in [-0.2, 0) is 43.2 Å². The molecule has 16 rings (SSSR count). The molecule has 8 heterocycles. The molecule has 12 aliphatic rings. The van der Waals surface area contributed by atoms with E-state index < -0.39 is 141 Å². The fraction of sp³-hybridized carbons (Fsp3) is 0.514. The molecule has 4 saturated heterocycles. The van der Waals surface area contributed by atoms with E-state index in [0.717, 1.165) is 59.1 Å². The SMILES string of the molecule is NC1=C2C(=CCN1)C13COC4C5Oc6c(cc7c(c6OCC(O)CC=O)C(=O)c6cc(CO)ccc6C7=O)C(c6ccccc6N6CNC7C(=O)NC(N)NC76)C6CCC(O)C(C#CC(O)(C(COC6)O5)C4O)Cc4ccc(c(c4)C(CCO)C1O)CC3=C1CCC3CCCC3NC12. The van der Waals surface area contributed by atoms with Crippen molar-refractivity contribution in [1.82, 2.24) is 26.6 Å². The zero-order valence-corrected chi connectivity index (χ0v) is 54.2. The van der Waals surface area contributed by atoms with Gasteiger partial charge in [0, 0.05) is 71.0 Å². The average molecular weight is 1340 g/mol. The quantitative estimate of drug-likeness (QED) is 0.0527. The van der Waals surface area contributed by atoms with E-state index in [2.05, 4.69) is 50.6 Å². The van der Waals surface area contributed by atoms with Crippen molar-refractivity contribution in [2.24, 2.45) is 34.6 Å². The number of carbonyl (C=O) groups excluding carboxylic acids is 4. The van der Waals surface area contributed by atoms with Crippen molar-refractivity contribution >= 4 is 29.4 Å². The largest absolute Gasteiger partial charge is 0.486 e. The Labute approximate surface area is 566 Å². The molecule has 19 atom stereocenters. The van der Waals surface area contributed by atoms with Gasteiger partial charge in [0.1, 0.15) is 55.5 Å². The van der Waals surface area contributed by atoms with E-state index in [1.54, 1.807) is 12.1 Å². The molecule has 98 heavy (non-hydrogen) atoms. The molecule has 19 unspecified atom stereocenters. The summed E-state index contributed by atoms with van der Waals surface area (Å²) in [6.07, 6.45) is -5.41. The summed E-state index contributed by atoms with van der Waals surface area (Å²) in [7, 11) is 0. The topological polar surface area (TPSA) is 371 Å². The van der Waals surface area contributed by atoms with Gasteiger partial charge in [-0.05, 0) is 138 Å². The number of para-hydroxylation sites is 1. The monoisotopic (exact) mass is 1340 g/mol. The molecule has 0 radical (unpaired) electrons. The minimum Gasteiger partial charge on any atom is -0.486 e. The molecule has 4 aliphatic carbocycles. The van der Waals surface area contributed by atoms with Crippen molar-refractivity contribution in [2.75, 3.05) is 51.1 Å². The highest BCUT2D eigenvalue weighted by atomic mass is 16.7. The first kappa shape index (κ1) is 65.2. The molecular formula is C74H84N8O16. The van der Waals surface area contributed by atoms with E-state index in [-0.39, 0.29) is 109 Å². The predicted molar refractivity (Wildman–Crippen MR) is 353 cm³/mol. The van der Waals surface area contributed by atoms with Gasteiger partial charge in [0.25, 0.3) is 0 Å². The standard InChI is InChI=1S/C74H84N8O16/c75-68-58-50(17-21-77-68)73-33-96-65-67(91)74(93)20-16-39(24-35-8-10-38(46(25-35)43(19-23-84)66(73)90)27-51(73)44-14-11-37-4-3-6-52(37)79-59(44)58)54(87)15-12-40-30-94-32-55(74)97-71(65)98-63-49(56(40)45-5-1-2-7-53(45)82-34-78-60-69(82)80-72(76)81-70(60)92)28-48-57(64(63)95-31-41(86)18-22-83)62(89)47-26-36(29-85)9-13-42(47)61(48)88/h1-2,5,7-10,13,17,22,25-26,28,37,39-41,43,52,54-56,59-60,65-67,69,71-72,77-80,84-87,90-91,93H,3-4,6,11-12,14-15,18-19,21,23-24,27,29-34,75-76H2,(H,81,92). The molecule has 5 fully saturated rings. The zero-order chi connectivity index (χ0) is 67.6. The lowest BCUT2D eigenvalue weighted by Crippen LogP contribution is -2.70. The first-order valence-corrected chi connectivity index (χ1v) is 34.7. The third-order valence-corrected chi connectivity index (χ3v) is 23.5. The first-order chi connectivity index (χ1) is 47.5. The van der Waals surface area contributed by atoms with Gasteiger partial charge in [-0.15, -0.1) is 0 Å². The molecule has 516 valence electrons. The summed E-state index contributed by atoms with van der Waals surface area (Å²) in [5, 5.41) is 105. The summed E-state index contributed by atoms with van der Waals surface area (Å²) in [5.74, 6) is 1.46. The van der Waals surface area contributed by atoms with E-state index in [9.17, 15) is 45.3 Å². The second kappa shape index (κ2) is 25.6. The number of hydrogen-bond donors (Lipinski definition) is 14. The lowest BCUT2D eigenvalue weighted by molar-refractivity contribution is -0.311. The highest BCUT2D eigenvalue weighted by molar-refractivity contribution is 6.29. The summed E-state index contributed by atoms with van der Waals surface area (Å²) in [5.41, 5.74) is 16.8. The summed E-state index contributed by atoms with van der Waals surface area (Å²) < 4.78 is 35.9. The summed E-state index contributed by atoms with van der Waals surface area (Å²) >= 11 is 0. The van der Waals surface area contributed by atoms with Crippen LogP contribution >= 0.6 is 0 Å². The Balaban J connectivity index is 0.965. The molecule has 1 spiro atoms. The van der Waals surface area contributed by atoms with Crippen molar-refractivity contribution in [3.8, 4) is 23.3 Å². The molecule has 0 aromatic heterocycles. The number of aliphatic hydroxyl groups excluding tert-OH is 6. The number of ketones is 2. The molecule has 9 bridgehead atoms. The van der Waals surface area contributed by atoms with Crippen molar-refractivity contribution < 1.29 is 78.6 Å². The molecule has 24 nitrogen and oxygen atoms in total. The maximum atomic E-state index is 15.8. The second-order valence-corrected chi connectivity index (χ2v) is 28.7. The van der Waals surface area contributed by atoms with Crippen molar-refractivity contribution in [3.05, 3.63) is 157 Å². The Morgan fingerprint density at radius 3 is 2.59 bits per heavy atom. The number of nitrogens with two attached hydrogens (primary N) is 2. The Kier molecular flexibility index (Phi) is 17.1. The third kappa shape index (κ3) is 10.6. The molecule has 16 N–H and O–H groups in total. The molecule has 1 saturated carbocycles. The van der Waals surface area contributed by atoms with Crippen LogP contribution in [0.5, 0.6) is 11.5 Å². The number of hydrogen-bond acceptors (Lipinski definition) is 23. The van der Waals surface area contributed by atoms with Gasteiger partial charge in [0.15, 0.2) is 28.7 Å². The van der Waals surface area contributed by atoms with Crippen LogP contribution in [0.2, 0.25) is 0 Å². The lowest BCUT2D eigenvalue weighted by atomic mass is 9.57. The number of amides is 1. The number of rotatable bonds is 10. The van der Waals surface area contributed by atoms with E-state index in [4.69, 9.17) is 35.2 Å². The smallest absolute Gasteiger partial charge is 0.242 e.